The molecule has 0 fully saturated rings. The molecule has 0 bridgehead atoms. The molecule has 0 aliphatic heterocycles. The van der Waals surface area contributed by atoms with Crippen molar-refractivity contribution in [2.45, 2.75) is 26.2 Å². The highest BCUT2D eigenvalue weighted by atomic mass is 16.5. The molecule has 0 aromatic heterocycles. The minimum Gasteiger partial charge on any atom is -0.507 e. The zero-order valence-electron chi connectivity index (χ0n) is 13.7. The quantitative estimate of drug-likeness (QED) is 0.578. The van der Waals surface area contributed by atoms with Crippen LogP contribution in [-0.2, 0) is 11.2 Å². The van der Waals surface area contributed by atoms with Crippen LogP contribution in [0.1, 0.15) is 30.9 Å². The number of amides is 1. The molecule has 0 unspecified atom stereocenters. The number of hydrogen-bond acceptors (Lipinski definition) is 4. The SMILES string of the molecule is CCOc1ccc(CCCC(=O)NN=Cc2ccccc2O)cc1. The fourth-order valence-electron chi connectivity index (χ4n) is 2.20. The molecule has 5 nitrogen and oxygen atoms in total. The summed E-state index contributed by atoms with van der Waals surface area (Å²) >= 11 is 0. The van der Waals surface area contributed by atoms with E-state index >= 15 is 0 Å². The molecule has 0 aliphatic carbocycles. The van der Waals surface area contributed by atoms with E-state index in [1.54, 1.807) is 24.3 Å². The Balaban J connectivity index is 1.70. The minimum absolute atomic E-state index is 0.131. The fraction of sp³-hybridized carbons (Fsp3) is 0.263. The van der Waals surface area contributed by atoms with Crippen molar-refractivity contribution in [1.29, 1.82) is 0 Å². The molecule has 0 aliphatic rings. The van der Waals surface area contributed by atoms with Gasteiger partial charge in [-0.25, -0.2) is 5.43 Å². The van der Waals surface area contributed by atoms with Gasteiger partial charge in [0, 0.05) is 12.0 Å². The van der Waals surface area contributed by atoms with Gasteiger partial charge in [-0.15, -0.1) is 0 Å². The lowest BCUT2D eigenvalue weighted by atomic mass is 10.1. The molecular weight excluding hydrogens is 304 g/mol. The topological polar surface area (TPSA) is 70.9 Å². The second-order valence-corrected chi connectivity index (χ2v) is 5.28. The average Bonchev–Trinajstić information content (AvgIpc) is 2.58. The zero-order valence-corrected chi connectivity index (χ0v) is 13.7. The summed E-state index contributed by atoms with van der Waals surface area (Å²) < 4.78 is 5.39. The molecule has 0 radical (unpaired) electrons. The fourth-order valence-corrected chi connectivity index (χ4v) is 2.20. The number of hydrazone groups is 1. The molecule has 2 aromatic carbocycles. The summed E-state index contributed by atoms with van der Waals surface area (Å²) in [5.41, 5.74) is 4.20. The van der Waals surface area contributed by atoms with Crippen molar-refractivity contribution in [3.63, 3.8) is 0 Å². The van der Waals surface area contributed by atoms with Crippen molar-refractivity contribution >= 4 is 12.1 Å². The van der Waals surface area contributed by atoms with Crippen molar-refractivity contribution in [2.75, 3.05) is 6.61 Å². The van der Waals surface area contributed by atoms with Crippen LogP contribution in [0.15, 0.2) is 53.6 Å². The Bertz CT molecular complexity index is 681. The van der Waals surface area contributed by atoms with Gasteiger partial charge in [-0.3, -0.25) is 4.79 Å². The van der Waals surface area contributed by atoms with E-state index in [0.29, 0.717) is 18.6 Å². The lowest BCUT2D eigenvalue weighted by Gasteiger charge is -2.05. The van der Waals surface area contributed by atoms with Crippen molar-refractivity contribution in [2.24, 2.45) is 5.10 Å². The van der Waals surface area contributed by atoms with Gasteiger partial charge in [0.25, 0.3) is 0 Å². The molecule has 2 N–H and O–H groups in total. The Morgan fingerprint density at radius 1 is 1.21 bits per heavy atom. The molecule has 24 heavy (non-hydrogen) atoms. The lowest BCUT2D eigenvalue weighted by Crippen LogP contribution is -2.17. The van der Waals surface area contributed by atoms with Gasteiger partial charge < -0.3 is 9.84 Å². The van der Waals surface area contributed by atoms with Gasteiger partial charge in [-0.05, 0) is 49.6 Å². The number of hydrogen-bond donors (Lipinski definition) is 2. The third kappa shape index (κ3) is 5.76. The number of rotatable bonds is 8. The standard InChI is InChI=1S/C19H22N2O3/c1-2-24-17-12-10-15(11-13-17)6-5-9-19(23)21-20-14-16-7-3-4-8-18(16)22/h3-4,7-8,10-14,22H,2,5-6,9H2,1H3,(H,21,23). The van der Waals surface area contributed by atoms with Gasteiger partial charge in [0.05, 0.1) is 12.8 Å². The first-order valence-electron chi connectivity index (χ1n) is 8.00. The Morgan fingerprint density at radius 3 is 2.67 bits per heavy atom. The van der Waals surface area contributed by atoms with E-state index in [4.69, 9.17) is 4.74 Å². The van der Waals surface area contributed by atoms with Crippen LogP contribution in [0.2, 0.25) is 0 Å². The number of phenols is 1. The van der Waals surface area contributed by atoms with Crippen LogP contribution < -0.4 is 10.2 Å². The number of benzene rings is 2. The Hall–Kier alpha value is -2.82. The van der Waals surface area contributed by atoms with Crippen LogP contribution >= 0.6 is 0 Å². The number of nitrogens with one attached hydrogen (secondary N) is 1. The number of carbonyl (C=O) groups excluding carboxylic acids is 1. The molecule has 2 aromatic rings. The zero-order chi connectivity index (χ0) is 17.2. The maximum atomic E-state index is 11.7. The summed E-state index contributed by atoms with van der Waals surface area (Å²) in [7, 11) is 0. The molecule has 0 spiro atoms. The van der Waals surface area contributed by atoms with Crippen LogP contribution in [0.5, 0.6) is 11.5 Å². The predicted molar refractivity (Wildman–Crippen MR) is 94.4 cm³/mol. The monoisotopic (exact) mass is 326 g/mol. The van der Waals surface area contributed by atoms with Crippen molar-refractivity contribution in [3.05, 3.63) is 59.7 Å². The van der Waals surface area contributed by atoms with Gasteiger partial charge in [0.15, 0.2) is 0 Å². The maximum Gasteiger partial charge on any atom is 0.240 e. The first-order valence-corrected chi connectivity index (χ1v) is 8.00. The van der Waals surface area contributed by atoms with Crippen LogP contribution in [0.25, 0.3) is 0 Å². The van der Waals surface area contributed by atoms with Crippen LogP contribution in [-0.4, -0.2) is 23.8 Å². The molecule has 0 atom stereocenters. The molecule has 126 valence electrons. The van der Waals surface area contributed by atoms with E-state index in [0.717, 1.165) is 18.6 Å². The van der Waals surface area contributed by atoms with E-state index in [-0.39, 0.29) is 11.7 Å². The third-order valence-corrected chi connectivity index (χ3v) is 3.43. The van der Waals surface area contributed by atoms with E-state index < -0.39 is 0 Å². The summed E-state index contributed by atoms with van der Waals surface area (Å²) in [6.07, 6.45) is 3.39. The van der Waals surface area contributed by atoms with Crippen LogP contribution in [0.3, 0.4) is 0 Å². The first-order chi connectivity index (χ1) is 11.7. The highest BCUT2D eigenvalue weighted by molar-refractivity contribution is 5.84. The number of para-hydroxylation sites is 1. The summed E-state index contributed by atoms with van der Waals surface area (Å²) in [5, 5.41) is 13.4. The smallest absolute Gasteiger partial charge is 0.240 e. The number of aromatic hydroxyl groups is 1. The second kappa shape index (κ2) is 9.35. The molecule has 0 saturated heterocycles. The molecule has 2 rings (SSSR count). The van der Waals surface area contributed by atoms with Crippen LogP contribution in [0.4, 0.5) is 0 Å². The van der Waals surface area contributed by atoms with Crippen LogP contribution in [0, 0.1) is 0 Å². The lowest BCUT2D eigenvalue weighted by molar-refractivity contribution is -0.121. The normalized spacial score (nSPS) is 10.7. The van der Waals surface area contributed by atoms with Gasteiger partial charge in [-0.2, -0.15) is 5.10 Å². The molecular formula is C19H22N2O3. The maximum absolute atomic E-state index is 11.7. The second-order valence-electron chi connectivity index (χ2n) is 5.28. The van der Waals surface area contributed by atoms with E-state index in [9.17, 15) is 9.90 Å². The molecule has 1 amide bonds. The predicted octanol–water partition coefficient (Wildman–Crippen LogP) is 3.26. The van der Waals surface area contributed by atoms with Gasteiger partial charge in [-0.1, -0.05) is 24.3 Å². The summed E-state index contributed by atoms with van der Waals surface area (Å²) in [4.78, 5) is 11.7. The third-order valence-electron chi connectivity index (χ3n) is 3.43. The summed E-state index contributed by atoms with van der Waals surface area (Å²) in [6, 6.07) is 14.7. The Morgan fingerprint density at radius 2 is 1.96 bits per heavy atom. The average molecular weight is 326 g/mol. The van der Waals surface area contributed by atoms with Gasteiger partial charge >= 0.3 is 0 Å². The van der Waals surface area contributed by atoms with E-state index in [1.807, 2.05) is 31.2 Å². The number of carbonyl (C=O) groups is 1. The largest absolute Gasteiger partial charge is 0.507 e. The Kier molecular flexibility index (Phi) is 6.83. The van der Waals surface area contributed by atoms with Crippen molar-refractivity contribution in [3.8, 4) is 11.5 Å². The molecule has 0 heterocycles. The Labute approximate surface area is 142 Å². The van der Waals surface area contributed by atoms with Crippen molar-refractivity contribution < 1.29 is 14.6 Å². The van der Waals surface area contributed by atoms with E-state index in [2.05, 4.69) is 10.5 Å². The minimum atomic E-state index is -0.146. The first kappa shape index (κ1) is 17.5. The van der Waals surface area contributed by atoms with Gasteiger partial charge in [0.1, 0.15) is 11.5 Å². The van der Waals surface area contributed by atoms with Crippen molar-refractivity contribution in [1.82, 2.24) is 5.43 Å². The summed E-state index contributed by atoms with van der Waals surface area (Å²) in [5.74, 6) is 0.844. The van der Waals surface area contributed by atoms with E-state index in [1.165, 1.54) is 11.8 Å². The van der Waals surface area contributed by atoms with Gasteiger partial charge in [0.2, 0.25) is 5.91 Å². The molecule has 5 heteroatoms. The molecule has 0 saturated carbocycles. The number of ether oxygens (including phenoxy) is 1. The summed E-state index contributed by atoms with van der Waals surface area (Å²) in [6.45, 7) is 2.61. The highest BCUT2D eigenvalue weighted by Gasteiger charge is 2.01. The number of aryl methyl sites for hydroxylation is 1. The number of phenolic OH excluding ortho intramolecular Hbond substituents is 1. The highest BCUT2D eigenvalue weighted by Crippen LogP contribution is 2.14. The number of nitrogens with zero attached hydrogens (tertiary/aromatic N) is 1.